The molecule has 14 heavy (non-hydrogen) atoms. The van der Waals surface area contributed by atoms with E-state index in [1.807, 2.05) is 18.2 Å². The minimum atomic E-state index is 0.134. The third kappa shape index (κ3) is 2.62. The molecule has 0 spiro atoms. The third-order valence-electron chi connectivity index (χ3n) is 2.31. The lowest BCUT2D eigenvalue weighted by molar-refractivity contribution is 0.892. The van der Waals surface area contributed by atoms with Gasteiger partial charge < -0.3 is 0 Å². The van der Waals surface area contributed by atoms with Crippen molar-refractivity contribution < 1.29 is 0 Å². The summed E-state index contributed by atoms with van der Waals surface area (Å²) in [5.41, 5.74) is 2.53. The standard InChI is InChI=1S/C13H16Cl/c1-4-6-11-7-8-12(14)9-13(11)10(3)5-2/h5,7-10H,2-4,6H2,1H3. The summed E-state index contributed by atoms with van der Waals surface area (Å²) in [6, 6.07) is 6.01. The largest absolute Gasteiger partial charge is 0.102 e. The average Bonchev–Trinajstić information content (AvgIpc) is 2.20. The van der Waals surface area contributed by atoms with E-state index in [-0.39, 0.29) is 5.92 Å². The van der Waals surface area contributed by atoms with Crippen LogP contribution in [0.4, 0.5) is 0 Å². The molecule has 0 aliphatic rings. The summed E-state index contributed by atoms with van der Waals surface area (Å²) < 4.78 is 0. The number of hydrogen-bond donors (Lipinski definition) is 0. The smallest absolute Gasteiger partial charge is 0.0409 e. The highest BCUT2D eigenvalue weighted by Gasteiger charge is 2.07. The summed E-state index contributed by atoms with van der Waals surface area (Å²) in [6.45, 7) is 9.97. The van der Waals surface area contributed by atoms with Gasteiger partial charge in [-0.15, -0.1) is 6.58 Å². The van der Waals surface area contributed by atoms with Gasteiger partial charge in [0, 0.05) is 10.9 Å². The van der Waals surface area contributed by atoms with Crippen LogP contribution in [-0.4, -0.2) is 0 Å². The lowest BCUT2D eigenvalue weighted by atomic mass is 9.93. The van der Waals surface area contributed by atoms with Gasteiger partial charge in [0.1, 0.15) is 0 Å². The molecule has 0 fully saturated rings. The molecule has 1 aromatic carbocycles. The molecule has 1 atom stereocenters. The molecule has 0 aliphatic carbocycles. The first-order valence-corrected chi connectivity index (χ1v) is 5.30. The van der Waals surface area contributed by atoms with E-state index in [1.54, 1.807) is 0 Å². The van der Waals surface area contributed by atoms with Crippen molar-refractivity contribution in [2.45, 2.75) is 25.7 Å². The van der Waals surface area contributed by atoms with Crippen molar-refractivity contribution >= 4 is 11.6 Å². The van der Waals surface area contributed by atoms with E-state index in [9.17, 15) is 0 Å². The van der Waals surface area contributed by atoms with Crippen molar-refractivity contribution in [2.75, 3.05) is 0 Å². The molecule has 0 aliphatic heterocycles. The number of hydrogen-bond acceptors (Lipinski definition) is 0. The predicted molar refractivity (Wildman–Crippen MR) is 63.7 cm³/mol. The molecular formula is C13H16Cl. The Balaban J connectivity index is 3.08. The van der Waals surface area contributed by atoms with Gasteiger partial charge in [0.2, 0.25) is 0 Å². The second-order valence-electron chi connectivity index (χ2n) is 3.44. The summed E-state index contributed by atoms with van der Waals surface area (Å²) in [5, 5.41) is 0.773. The van der Waals surface area contributed by atoms with E-state index in [1.165, 1.54) is 11.1 Å². The number of benzene rings is 1. The minimum Gasteiger partial charge on any atom is -0.102 e. The fraction of sp³-hybridized carbons (Fsp3) is 0.308. The van der Waals surface area contributed by atoms with Crippen molar-refractivity contribution in [3.8, 4) is 0 Å². The molecule has 0 N–H and O–H groups in total. The van der Waals surface area contributed by atoms with Crippen LogP contribution < -0.4 is 0 Å². The van der Waals surface area contributed by atoms with Crippen molar-refractivity contribution in [3.63, 3.8) is 0 Å². The van der Waals surface area contributed by atoms with Gasteiger partial charge in [-0.3, -0.25) is 0 Å². The monoisotopic (exact) mass is 207 g/mol. The van der Waals surface area contributed by atoms with Crippen LogP contribution in [0.1, 0.15) is 30.4 Å². The highest BCUT2D eigenvalue weighted by molar-refractivity contribution is 6.30. The Bertz CT molecular complexity index is 315. The summed E-state index contributed by atoms with van der Waals surface area (Å²) >= 11 is 5.96. The fourth-order valence-corrected chi connectivity index (χ4v) is 1.72. The van der Waals surface area contributed by atoms with Crippen LogP contribution in [0.25, 0.3) is 0 Å². The Kier molecular flexibility index (Phi) is 4.21. The fourth-order valence-electron chi connectivity index (χ4n) is 1.53. The molecule has 0 heterocycles. The van der Waals surface area contributed by atoms with Crippen LogP contribution in [0.5, 0.6) is 0 Å². The van der Waals surface area contributed by atoms with Crippen LogP contribution in [0, 0.1) is 6.92 Å². The Morgan fingerprint density at radius 3 is 2.79 bits per heavy atom. The molecule has 0 saturated carbocycles. The second-order valence-corrected chi connectivity index (χ2v) is 3.87. The third-order valence-corrected chi connectivity index (χ3v) is 2.55. The highest BCUT2D eigenvalue weighted by atomic mass is 35.5. The van der Waals surface area contributed by atoms with Crippen LogP contribution >= 0.6 is 11.6 Å². The maximum absolute atomic E-state index is 5.96. The van der Waals surface area contributed by atoms with Gasteiger partial charge in [-0.1, -0.05) is 37.1 Å². The molecule has 1 unspecified atom stereocenters. The zero-order valence-electron chi connectivity index (χ0n) is 8.59. The van der Waals surface area contributed by atoms with Gasteiger partial charge in [-0.25, -0.2) is 0 Å². The van der Waals surface area contributed by atoms with E-state index >= 15 is 0 Å². The minimum absolute atomic E-state index is 0.134. The average molecular weight is 208 g/mol. The molecule has 0 bridgehead atoms. The first-order valence-electron chi connectivity index (χ1n) is 4.93. The Morgan fingerprint density at radius 2 is 2.21 bits per heavy atom. The van der Waals surface area contributed by atoms with Gasteiger partial charge in [0.15, 0.2) is 0 Å². The molecule has 1 rings (SSSR count). The zero-order chi connectivity index (χ0) is 10.6. The van der Waals surface area contributed by atoms with Gasteiger partial charge in [-0.05, 0) is 36.6 Å². The molecule has 0 aromatic heterocycles. The van der Waals surface area contributed by atoms with Crippen molar-refractivity contribution in [1.29, 1.82) is 0 Å². The number of aryl methyl sites for hydroxylation is 1. The molecule has 75 valence electrons. The van der Waals surface area contributed by atoms with E-state index in [0.717, 1.165) is 17.9 Å². The van der Waals surface area contributed by atoms with Gasteiger partial charge in [0.05, 0.1) is 0 Å². The van der Waals surface area contributed by atoms with Crippen molar-refractivity contribution in [2.24, 2.45) is 0 Å². The van der Waals surface area contributed by atoms with Crippen LogP contribution in [0.15, 0.2) is 30.9 Å². The van der Waals surface area contributed by atoms with Crippen molar-refractivity contribution in [1.82, 2.24) is 0 Å². The molecular weight excluding hydrogens is 192 g/mol. The van der Waals surface area contributed by atoms with Crippen LogP contribution in [-0.2, 0) is 6.42 Å². The van der Waals surface area contributed by atoms with Crippen molar-refractivity contribution in [3.05, 3.63) is 53.9 Å². The van der Waals surface area contributed by atoms with Gasteiger partial charge >= 0.3 is 0 Å². The summed E-state index contributed by atoms with van der Waals surface area (Å²) in [4.78, 5) is 0. The van der Waals surface area contributed by atoms with E-state index in [0.29, 0.717) is 0 Å². The number of allylic oxidation sites excluding steroid dienone is 1. The zero-order valence-corrected chi connectivity index (χ0v) is 9.35. The number of rotatable bonds is 4. The first kappa shape index (κ1) is 11.3. The normalized spacial score (nSPS) is 12.5. The maximum Gasteiger partial charge on any atom is 0.0409 e. The van der Waals surface area contributed by atoms with E-state index in [4.69, 9.17) is 11.6 Å². The summed E-state index contributed by atoms with van der Waals surface area (Å²) in [6.07, 6.45) is 4.07. The summed E-state index contributed by atoms with van der Waals surface area (Å²) in [5.74, 6) is 0.134. The molecule has 0 saturated heterocycles. The summed E-state index contributed by atoms with van der Waals surface area (Å²) in [7, 11) is 0. The first-order chi connectivity index (χ1) is 6.69. The predicted octanol–water partition coefficient (Wildman–Crippen LogP) is 4.40. The highest BCUT2D eigenvalue weighted by Crippen LogP contribution is 2.25. The van der Waals surface area contributed by atoms with Gasteiger partial charge in [0.25, 0.3) is 0 Å². The van der Waals surface area contributed by atoms with Crippen LogP contribution in [0.2, 0.25) is 5.02 Å². The molecule has 1 heteroatoms. The molecule has 0 nitrogen and oxygen atoms in total. The quantitative estimate of drug-likeness (QED) is 0.643. The molecule has 1 aromatic rings. The topological polar surface area (TPSA) is 0 Å². The Hall–Kier alpha value is -0.750. The number of halogens is 1. The van der Waals surface area contributed by atoms with Crippen LogP contribution in [0.3, 0.4) is 0 Å². The second kappa shape index (κ2) is 5.21. The lowest BCUT2D eigenvalue weighted by Crippen LogP contribution is -1.97. The Morgan fingerprint density at radius 1 is 1.50 bits per heavy atom. The lowest BCUT2D eigenvalue weighted by Gasteiger charge is -2.13. The SMILES string of the molecule is [CH2]C(C=C)c1cc(Cl)ccc1CCC. The molecule has 1 radical (unpaired) electrons. The Labute approximate surface area is 91.6 Å². The van der Waals surface area contributed by atoms with E-state index < -0.39 is 0 Å². The van der Waals surface area contributed by atoms with E-state index in [2.05, 4.69) is 26.5 Å². The van der Waals surface area contributed by atoms with Gasteiger partial charge in [-0.2, -0.15) is 0 Å². The maximum atomic E-state index is 5.96. The molecule has 0 amide bonds.